The third-order valence-electron chi connectivity index (χ3n) is 3.43. The van der Waals surface area contributed by atoms with Crippen LogP contribution in [0.3, 0.4) is 0 Å². The van der Waals surface area contributed by atoms with E-state index < -0.39 is 5.97 Å². The summed E-state index contributed by atoms with van der Waals surface area (Å²) in [5.41, 5.74) is 0. The molecule has 1 saturated heterocycles. The van der Waals surface area contributed by atoms with Gasteiger partial charge in [0.15, 0.2) is 0 Å². The Balaban J connectivity index is 1.83. The first-order valence-corrected chi connectivity index (χ1v) is 7.17. The molecule has 2 aromatic carbocycles. The Bertz CT molecular complexity index is 614. The Morgan fingerprint density at radius 1 is 1.21 bits per heavy atom. The monoisotopic (exact) mass is 273 g/mol. The van der Waals surface area contributed by atoms with Crippen molar-refractivity contribution in [1.29, 1.82) is 0 Å². The van der Waals surface area contributed by atoms with Gasteiger partial charge < -0.3 is 5.11 Å². The maximum atomic E-state index is 11.2. The Labute approximate surface area is 116 Å². The molecule has 0 amide bonds. The molecule has 1 fully saturated rings. The lowest BCUT2D eigenvalue weighted by Crippen LogP contribution is -2.30. The van der Waals surface area contributed by atoms with Crippen LogP contribution in [0.15, 0.2) is 47.4 Å². The van der Waals surface area contributed by atoms with Crippen LogP contribution in [0.25, 0.3) is 10.8 Å². The van der Waals surface area contributed by atoms with Crippen LogP contribution in [0.5, 0.6) is 0 Å². The van der Waals surface area contributed by atoms with Gasteiger partial charge in [-0.25, -0.2) is 4.31 Å². The van der Waals surface area contributed by atoms with Crippen LogP contribution in [0.4, 0.5) is 0 Å². The summed E-state index contributed by atoms with van der Waals surface area (Å²) in [6.07, 6.45) is 1.70. The standard InChI is InChI=1S/C15H15NO2S/c17-15(18)14-6-3-9-16(14)19-13-8-7-11-4-1-2-5-12(11)10-13/h1-2,4-5,7-8,10,14H,3,6,9H2,(H,17,18). The number of rotatable bonds is 3. The van der Waals surface area contributed by atoms with E-state index in [4.69, 9.17) is 0 Å². The summed E-state index contributed by atoms with van der Waals surface area (Å²) in [6.45, 7) is 0.842. The first-order chi connectivity index (χ1) is 9.24. The molecule has 1 aliphatic rings. The number of carbonyl (C=O) groups is 1. The Hall–Kier alpha value is -1.52. The van der Waals surface area contributed by atoms with Gasteiger partial charge in [-0.15, -0.1) is 0 Å². The fourth-order valence-corrected chi connectivity index (χ4v) is 3.58. The molecule has 1 atom stereocenters. The molecule has 1 heterocycles. The van der Waals surface area contributed by atoms with E-state index in [1.54, 1.807) is 11.9 Å². The van der Waals surface area contributed by atoms with Crippen molar-refractivity contribution < 1.29 is 9.90 Å². The summed E-state index contributed by atoms with van der Waals surface area (Å²) in [5, 5.41) is 11.6. The molecule has 0 bridgehead atoms. The van der Waals surface area contributed by atoms with Crippen LogP contribution in [0, 0.1) is 0 Å². The van der Waals surface area contributed by atoms with Crippen molar-refractivity contribution in [3.05, 3.63) is 42.5 Å². The number of carboxylic acid groups (broad SMARTS) is 1. The molecular formula is C15H15NO2S. The molecule has 0 saturated carbocycles. The van der Waals surface area contributed by atoms with Crippen molar-refractivity contribution in [2.24, 2.45) is 0 Å². The number of fused-ring (bicyclic) bond motifs is 1. The van der Waals surface area contributed by atoms with E-state index in [0.717, 1.165) is 24.3 Å². The number of hydrogen-bond acceptors (Lipinski definition) is 3. The van der Waals surface area contributed by atoms with Crippen LogP contribution in [0.1, 0.15) is 12.8 Å². The fourth-order valence-electron chi connectivity index (χ4n) is 2.46. The molecule has 1 N–H and O–H groups in total. The lowest BCUT2D eigenvalue weighted by Gasteiger charge is -2.19. The van der Waals surface area contributed by atoms with Gasteiger partial charge in [-0.2, -0.15) is 0 Å². The van der Waals surface area contributed by atoms with Crippen LogP contribution in [-0.4, -0.2) is 28.0 Å². The number of carboxylic acids is 1. The molecule has 1 unspecified atom stereocenters. The average Bonchev–Trinajstić information content (AvgIpc) is 2.87. The second-order valence-electron chi connectivity index (χ2n) is 4.74. The van der Waals surface area contributed by atoms with Crippen LogP contribution >= 0.6 is 11.9 Å². The van der Waals surface area contributed by atoms with Crippen molar-refractivity contribution in [3.63, 3.8) is 0 Å². The smallest absolute Gasteiger partial charge is 0.321 e. The first-order valence-electron chi connectivity index (χ1n) is 6.40. The highest BCUT2D eigenvalue weighted by atomic mass is 32.2. The van der Waals surface area contributed by atoms with Gasteiger partial charge in [0.05, 0.1) is 0 Å². The SMILES string of the molecule is O=C(O)C1CCCN1Sc1ccc2ccccc2c1. The second-order valence-corrected chi connectivity index (χ2v) is 5.86. The Morgan fingerprint density at radius 2 is 2.00 bits per heavy atom. The zero-order chi connectivity index (χ0) is 13.2. The first kappa shape index (κ1) is 12.5. The summed E-state index contributed by atoms with van der Waals surface area (Å²) in [4.78, 5) is 12.3. The second kappa shape index (κ2) is 5.23. The van der Waals surface area contributed by atoms with E-state index in [9.17, 15) is 9.90 Å². The van der Waals surface area contributed by atoms with Crippen LogP contribution < -0.4 is 0 Å². The molecule has 1 aliphatic heterocycles. The maximum Gasteiger partial charge on any atom is 0.321 e. The summed E-state index contributed by atoms with van der Waals surface area (Å²) in [5.74, 6) is -0.717. The van der Waals surface area contributed by atoms with E-state index in [1.807, 2.05) is 16.4 Å². The van der Waals surface area contributed by atoms with E-state index in [2.05, 4.69) is 30.3 Å². The summed E-state index contributed by atoms with van der Waals surface area (Å²) < 4.78 is 1.98. The molecule has 0 radical (unpaired) electrons. The molecule has 98 valence electrons. The lowest BCUT2D eigenvalue weighted by molar-refractivity contribution is -0.140. The van der Waals surface area contributed by atoms with Gasteiger partial charge in [0, 0.05) is 11.4 Å². The van der Waals surface area contributed by atoms with Gasteiger partial charge in [-0.3, -0.25) is 4.79 Å². The Morgan fingerprint density at radius 3 is 2.79 bits per heavy atom. The van der Waals surface area contributed by atoms with Crippen molar-refractivity contribution in [1.82, 2.24) is 4.31 Å². The molecule has 0 spiro atoms. The van der Waals surface area contributed by atoms with Crippen molar-refractivity contribution in [2.45, 2.75) is 23.8 Å². The van der Waals surface area contributed by atoms with Gasteiger partial charge in [0.2, 0.25) is 0 Å². The number of benzene rings is 2. The normalized spacial score (nSPS) is 19.9. The zero-order valence-corrected chi connectivity index (χ0v) is 11.3. The molecule has 3 nitrogen and oxygen atoms in total. The third kappa shape index (κ3) is 2.60. The molecular weight excluding hydrogens is 258 g/mol. The highest BCUT2D eigenvalue weighted by Crippen LogP contribution is 2.32. The summed E-state index contributed by atoms with van der Waals surface area (Å²) in [6, 6.07) is 14.1. The summed E-state index contributed by atoms with van der Waals surface area (Å²) >= 11 is 1.55. The van der Waals surface area contributed by atoms with E-state index >= 15 is 0 Å². The van der Waals surface area contributed by atoms with E-state index in [0.29, 0.717) is 0 Å². The number of aliphatic carboxylic acids is 1. The maximum absolute atomic E-state index is 11.2. The minimum absolute atomic E-state index is 0.350. The van der Waals surface area contributed by atoms with E-state index in [-0.39, 0.29) is 6.04 Å². The molecule has 0 aliphatic carbocycles. The van der Waals surface area contributed by atoms with Gasteiger partial charge in [0.1, 0.15) is 6.04 Å². The quantitative estimate of drug-likeness (QED) is 0.870. The van der Waals surface area contributed by atoms with Gasteiger partial charge in [0.25, 0.3) is 0 Å². The molecule has 3 rings (SSSR count). The van der Waals surface area contributed by atoms with Crippen LogP contribution in [-0.2, 0) is 4.79 Å². The lowest BCUT2D eigenvalue weighted by atomic mass is 10.1. The molecule has 19 heavy (non-hydrogen) atoms. The van der Waals surface area contributed by atoms with E-state index in [1.165, 1.54) is 10.8 Å². The molecule has 2 aromatic rings. The van der Waals surface area contributed by atoms with Gasteiger partial charge in [-0.1, -0.05) is 30.3 Å². The predicted molar refractivity (Wildman–Crippen MR) is 77.2 cm³/mol. The van der Waals surface area contributed by atoms with Gasteiger partial charge in [-0.05, 0) is 47.7 Å². The largest absolute Gasteiger partial charge is 0.480 e. The topological polar surface area (TPSA) is 40.5 Å². The fraction of sp³-hybridized carbons (Fsp3) is 0.267. The van der Waals surface area contributed by atoms with Gasteiger partial charge >= 0.3 is 5.97 Å². The van der Waals surface area contributed by atoms with Crippen LogP contribution in [0.2, 0.25) is 0 Å². The average molecular weight is 273 g/mol. The minimum atomic E-state index is -0.717. The zero-order valence-electron chi connectivity index (χ0n) is 10.5. The highest BCUT2D eigenvalue weighted by Gasteiger charge is 2.31. The highest BCUT2D eigenvalue weighted by molar-refractivity contribution is 7.97. The Kier molecular flexibility index (Phi) is 3.44. The number of nitrogens with zero attached hydrogens (tertiary/aromatic N) is 1. The van der Waals surface area contributed by atoms with Crippen molar-refractivity contribution in [2.75, 3.05) is 6.54 Å². The van der Waals surface area contributed by atoms with Crippen molar-refractivity contribution in [3.8, 4) is 0 Å². The number of hydrogen-bond donors (Lipinski definition) is 1. The third-order valence-corrected chi connectivity index (χ3v) is 4.57. The van der Waals surface area contributed by atoms with Crippen molar-refractivity contribution >= 4 is 28.7 Å². The predicted octanol–water partition coefficient (Wildman–Crippen LogP) is 3.40. The minimum Gasteiger partial charge on any atom is -0.480 e. The molecule has 4 heteroatoms. The molecule has 0 aromatic heterocycles. The summed E-state index contributed by atoms with van der Waals surface area (Å²) in [7, 11) is 0.